The standard InChI is InChI=1S/C15H17N5O3S/c1-10-16-14(24-18-10)17-15(22)19-6-7-20(13(21)9-19)11-4-3-5-12(8-11)23-2/h3-5,8H,6-7,9H2,1-2H3,(H,16,17,18,22). The zero-order valence-electron chi connectivity index (χ0n) is 13.4. The number of piperazine rings is 1. The Morgan fingerprint density at radius 3 is 2.88 bits per heavy atom. The van der Waals surface area contributed by atoms with Crippen LogP contribution in [0.4, 0.5) is 15.6 Å². The topological polar surface area (TPSA) is 87.7 Å². The Kier molecular flexibility index (Phi) is 4.61. The highest BCUT2D eigenvalue weighted by Gasteiger charge is 2.28. The number of nitrogens with one attached hydrogen (secondary N) is 1. The summed E-state index contributed by atoms with van der Waals surface area (Å²) in [5, 5.41) is 3.10. The maximum absolute atomic E-state index is 12.4. The first-order valence-electron chi connectivity index (χ1n) is 7.37. The Bertz CT molecular complexity index is 763. The second-order valence-corrected chi connectivity index (χ2v) is 6.00. The Morgan fingerprint density at radius 1 is 1.38 bits per heavy atom. The van der Waals surface area contributed by atoms with Crippen LogP contribution in [0.3, 0.4) is 0 Å². The van der Waals surface area contributed by atoms with Crippen LogP contribution in [-0.2, 0) is 4.79 Å². The fourth-order valence-electron chi connectivity index (χ4n) is 2.42. The lowest BCUT2D eigenvalue weighted by Crippen LogP contribution is -2.53. The second kappa shape index (κ2) is 6.83. The molecule has 24 heavy (non-hydrogen) atoms. The molecule has 2 heterocycles. The van der Waals surface area contributed by atoms with Crippen molar-refractivity contribution < 1.29 is 14.3 Å². The zero-order chi connectivity index (χ0) is 17.1. The summed E-state index contributed by atoms with van der Waals surface area (Å²) < 4.78 is 9.19. The third-order valence-electron chi connectivity index (χ3n) is 3.61. The quantitative estimate of drug-likeness (QED) is 0.914. The molecule has 1 fully saturated rings. The molecule has 0 atom stereocenters. The van der Waals surface area contributed by atoms with E-state index in [1.165, 1.54) is 4.90 Å². The van der Waals surface area contributed by atoms with E-state index >= 15 is 0 Å². The Balaban J connectivity index is 1.64. The largest absolute Gasteiger partial charge is 0.497 e. The van der Waals surface area contributed by atoms with Gasteiger partial charge in [-0.05, 0) is 19.1 Å². The number of nitrogens with zero attached hydrogens (tertiary/aromatic N) is 4. The van der Waals surface area contributed by atoms with Crippen LogP contribution in [-0.4, -0.2) is 52.9 Å². The maximum atomic E-state index is 12.4. The van der Waals surface area contributed by atoms with Gasteiger partial charge in [0.15, 0.2) is 0 Å². The highest BCUT2D eigenvalue weighted by Crippen LogP contribution is 2.23. The predicted molar refractivity (Wildman–Crippen MR) is 90.6 cm³/mol. The van der Waals surface area contributed by atoms with E-state index < -0.39 is 0 Å². The predicted octanol–water partition coefficient (Wildman–Crippen LogP) is 1.74. The molecule has 0 unspecified atom stereocenters. The molecule has 3 rings (SSSR count). The van der Waals surface area contributed by atoms with Crippen LogP contribution in [0.5, 0.6) is 5.75 Å². The van der Waals surface area contributed by atoms with Crippen LogP contribution in [0.15, 0.2) is 24.3 Å². The number of rotatable bonds is 3. The molecule has 1 aliphatic rings. The van der Waals surface area contributed by atoms with E-state index in [1.54, 1.807) is 25.0 Å². The number of hydrogen-bond donors (Lipinski definition) is 1. The van der Waals surface area contributed by atoms with E-state index in [1.807, 2.05) is 18.2 Å². The van der Waals surface area contributed by atoms with Gasteiger partial charge in [-0.1, -0.05) is 6.07 Å². The van der Waals surface area contributed by atoms with Crippen molar-refractivity contribution in [2.75, 3.05) is 37.0 Å². The maximum Gasteiger partial charge on any atom is 0.324 e. The van der Waals surface area contributed by atoms with Gasteiger partial charge in [0.25, 0.3) is 0 Å². The van der Waals surface area contributed by atoms with E-state index in [-0.39, 0.29) is 18.5 Å². The van der Waals surface area contributed by atoms with Gasteiger partial charge in [-0.15, -0.1) is 0 Å². The van der Waals surface area contributed by atoms with Gasteiger partial charge in [-0.3, -0.25) is 10.1 Å². The molecule has 1 saturated heterocycles. The lowest BCUT2D eigenvalue weighted by molar-refractivity contribution is -0.120. The molecule has 1 aromatic heterocycles. The lowest BCUT2D eigenvalue weighted by Gasteiger charge is -2.34. The molecule has 126 valence electrons. The Labute approximate surface area is 143 Å². The highest BCUT2D eigenvalue weighted by atomic mass is 32.1. The molecule has 9 heteroatoms. The second-order valence-electron chi connectivity index (χ2n) is 5.25. The van der Waals surface area contributed by atoms with Crippen LogP contribution >= 0.6 is 11.5 Å². The molecule has 0 bridgehead atoms. The zero-order valence-corrected chi connectivity index (χ0v) is 14.2. The number of carbonyl (C=O) groups is 2. The van der Waals surface area contributed by atoms with Gasteiger partial charge in [-0.2, -0.15) is 4.37 Å². The van der Waals surface area contributed by atoms with E-state index in [9.17, 15) is 9.59 Å². The molecule has 0 radical (unpaired) electrons. The number of ether oxygens (including phenoxy) is 1. The van der Waals surface area contributed by atoms with Crippen molar-refractivity contribution in [3.8, 4) is 5.75 Å². The molecule has 1 N–H and O–H groups in total. The van der Waals surface area contributed by atoms with Crippen LogP contribution in [0, 0.1) is 6.92 Å². The minimum atomic E-state index is -0.343. The van der Waals surface area contributed by atoms with E-state index in [4.69, 9.17) is 4.74 Å². The summed E-state index contributed by atoms with van der Waals surface area (Å²) >= 11 is 1.12. The van der Waals surface area contributed by atoms with Gasteiger partial charge < -0.3 is 14.5 Å². The van der Waals surface area contributed by atoms with Crippen LogP contribution < -0.4 is 15.0 Å². The number of carbonyl (C=O) groups excluding carboxylic acids is 2. The van der Waals surface area contributed by atoms with Gasteiger partial charge in [0.2, 0.25) is 11.0 Å². The number of benzene rings is 1. The van der Waals surface area contributed by atoms with Crippen LogP contribution in [0.2, 0.25) is 0 Å². The molecule has 2 aromatic rings. The van der Waals surface area contributed by atoms with Gasteiger partial charge in [0, 0.05) is 36.4 Å². The van der Waals surface area contributed by atoms with Crippen molar-refractivity contribution in [3.63, 3.8) is 0 Å². The molecular weight excluding hydrogens is 330 g/mol. The lowest BCUT2D eigenvalue weighted by atomic mass is 10.2. The van der Waals surface area contributed by atoms with Crippen molar-refractivity contribution in [2.24, 2.45) is 0 Å². The minimum Gasteiger partial charge on any atom is -0.497 e. The highest BCUT2D eigenvalue weighted by molar-refractivity contribution is 7.09. The van der Waals surface area contributed by atoms with Gasteiger partial charge in [-0.25, -0.2) is 9.78 Å². The fourth-order valence-corrected chi connectivity index (χ4v) is 2.98. The fraction of sp³-hybridized carbons (Fsp3) is 0.333. The summed E-state index contributed by atoms with van der Waals surface area (Å²) in [6, 6.07) is 6.96. The van der Waals surface area contributed by atoms with Crippen molar-refractivity contribution in [1.29, 1.82) is 0 Å². The van der Waals surface area contributed by atoms with E-state index in [0.717, 1.165) is 17.2 Å². The summed E-state index contributed by atoms with van der Waals surface area (Å²) in [7, 11) is 1.58. The molecular formula is C15H17N5O3S. The first-order chi connectivity index (χ1) is 11.6. The van der Waals surface area contributed by atoms with Crippen molar-refractivity contribution in [2.45, 2.75) is 6.92 Å². The smallest absolute Gasteiger partial charge is 0.324 e. The summed E-state index contributed by atoms with van der Waals surface area (Å²) in [6.07, 6.45) is 0. The summed E-state index contributed by atoms with van der Waals surface area (Å²) in [5.74, 6) is 1.15. The third-order valence-corrected chi connectivity index (χ3v) is 4.34. The van der Waals surface area contributed by atoms with E-state index in [2.05, 4.69) is 14.7 Å². The minimum absolute atomic E-state index is 0.0147. The molecule has 1 aliphatic heterocycles. The van der Waals surface area contributed by atoms with Gasteiger partial charge >= 0.3 is 6.03 Å². The number of anilines is 2. The average molecular weight is 347 g/mol. The Morgan fingerprint density at radius 2 is 2.21 bits per heavy atom. The molecule has 0 aliphatic carbocycles. The molecule has 0 saturated carbocycles. The molecule has 3 amide bonds. The van der Waals surface area contributed by atoms with Crippen molar-refractivity contribution in [3.05, 3.63) is 30.1 Å². The first-order valence-corrected chi connectivity index (χ1v) is 8.15. The van der Waals surface area contributed by atoms with Crippen molar-refractivity contribution in [1.82, 2.24) is 14.3 Å². The van der Waals surface area contributed by atoms with Gasteiger partial charge in [0.1, 0.15) is 18.1 Å². The number of hydrogen-bond acceptors (Lipinski definition) is 6. The monoisotopic (exact) mass is 347 g/mol. The Hall–Kier alpha value is -2.68. The van der Waals surface area contributed by atoms with Gasteiger partial charge in [0.05, 0.1) is 7.11 Å². The number of amides is 3. The average Bonchev–Trinajstić information content (AvgIpc) is 2.99. The number of methoxy groups -OCH3 is 1. The SMILES string of the molecule is COc1cccc(N2CCN(C(=O)Nc3nc(C)ns3)CC2=O)c1. The number of urea groups is 1. The normalized spacial score (nSPS) is 14.7. The molecule has 0 spiro atoms. The number of aromatic nitrogens is 2. The van der Waals surface area contributed by atoms with Crippen LogP contribution in [0.25, 0.3) is 0 Å². The summed E-state index contributed by atoms with van der Waals surface area (Å²) in [5.41, 5.74) is 0.763. The third kappa shape index (κ3) is 3.46. The van der Waals surface area contributed by atoms with Crippen molar-refractivity contribution >= 4 is 34.3 Å². The summed E-state index contributed by atoms with van der Waals surface area (Å²) in [6.45, 7) is 2.63. The summed E-state index contributed by atoms with van der Waals surface area (Å²) in [4.78, 5) is 31.8. The van der Waals surface area contributed by atoms with E-state index in [0.29, 0.717) is 29.8 Å². The first kappa shape index (κ1) is 16.2. The van der Waals surface area contributed by atoms with Crippen LogP contribution in [0.1, 0.15) is 5.82 Å². The molecule has 8 nitrogen and oxygen atoms in total. The molecule has 1 aromatic carbocycles. The number of aryl methyl sites for hydroxylation is 1.